The maximum absolute atomic E-state index is 12.9. The highest BCUT2D eigenvalue weighted by atomic mass is 16.1. The number of rotatable bonds is 3. The fourth-order valence-electron chi connectivity index (χ4n) is 3.84. The zero-order valence-corrected chi connectivity index (χ0v) is 15.6. The number of ketones is 1. The van der Waals surface area contributed by atoms with Crippen LogP contribution in [0.3, 0.4) is 0 Å². The molecule has 1 heterocycles. The first-order valence-electron chi connectivity index (χ1n) is 9.42. The Balaban J connectivity index is 1.76. The number of carbonyl (C=O) groups is 1. The van der Waals surface area contributed by atoms with E-state index in [4.69, 9.17) is 0 Å². The van der Waals surface area contributed by atoms with Crippen LogP contribution in [0.1, 0.15) is 21.5 Å². The van der Waals surface area contributed by atoms with Crippen LogP contribution in [0.25, 0.3) is 27.5 Å². The van der Waals surface area contributed by atoms with Gasteiger partial charge in [-0.3, -0.25) is 4.79 Å². The van der Waals surface area contributed by atoms with E-state index in [0.717, 1.165) is 27.5 Å². The molecule has 134 valence electrons. The number of aryl methyl sites for hydroxylation is 1. The van der Waals surface area contributed by atoms with E-state index in [2.05, 4.69) is 60.0 Å². The third-order valence-corrected chi connectivity index (χ3v) is 5.26. The minimum Gasteiger partial charge on any atom is -0.309 e. The summed E-state index contributed by atoms with van der Waals surface area (Å²) in [7, 11) is 0. The third kappa shape index (κ3) is 2.62. The van der Waals surface area contributed by atoms with Crippen molar-refractivity contribution in [3.05, 3.63) is 114 Å². The van der Waals surface area contributed by atoms with Gasteiger partial charge in [0.05, 0.1) is 11.0 Å². The molecule has 0 unspecified atom stereocenters. The van der Waals surface area contributed by atoms with E-state index in [1.54, 1.807) is 0 Å². The molecule has 0 spiro atoms. The topological polar surface area (TPSA) is 22.0 Å². The normalized spacial score (nSPS) is 11.2. The summed E-state index contributed by atoms with van der Waals surface area (Å²) in [5.41, 5.74) is 6.04. The highest BCUT2D eigenvalue weighted by Gasteiger charge is 2.15. The van der Waals surface area contributed by atoms with E-state index in [1.807, 2.05) is 48.5 Å². The molecule has 0 aliphatic heterocycles. The van der Waals surface area contributed by atoms with Crippen molar-refractivity contribution in [1.82, 2.24) is 4.57 Å². The molecule has 0 fully saturated rings. The van der Waals surface area contributed by atoms with Gasteiger partial charge in [-0.2, -0.15) is 0 Å². The monoisotopic (exact) mass is 361 g/mol. The number of aromatic nitrogens is 1. The van der Waals surface area contributed by atoms with Crippen molar-refractivity contribution >= 4 is 27.6 Å². The standard InChI is InChI=1S/C26H19NO/c1-18-11-14-21(15-12-18)27-24-10-6-5-9-22(24)23-17-20(13-16-25(23)27)26(28)19-7-3-2-4-8-19/h2-17H,1H3. The van der Waals surface area contributed by atoms with Crippen LogP contribution in [0.5, 0.6) is 0 Å². The molecule has 0 saturated heterocycles. The first-order chi connectivity index (χ1) is 13.7. The fourth-order valence-corrected chi connectivity index (χ4v) is 3.84. The van der Waals surface area contributed by atoms with Gasteiger partial charge < -0.3 is 4.57 Å². The van der Waals surface area contributed by atoms with Gasteiger partial charge in [0.1, 0.15) is 0 Å². The van der Waals surface area contributed by atoms with E-state index < -0.39 is 0 Å². The Kier molecular flexibility index (Phi) is 3.84. The highest BCUT2D eigenvalue weighted by Crippen LogP contribution is 2.33. The first kappa shape index (κ1) is 16.5. The van der Waals surface area contributed by atoms with Crippen LogP contribution in [0.15, 0.2) is 97.1 Å². The van der Waals surface area contributed by atoms with Gasteiger partial charge in [-0.1, -0.05) is 66.2 Å². The second-order valence-electron chi connectivity index (χ2n) is 7.12. The van der Waals surface area contributed by atoms with Crippen LogP contribution >= 0.6 is 0 Å². The van der Waals surface area contributed by atoms with Gasteiger partial charge >= 0.3 is 0 Å². The number of hydrogen-bond acceptors (Lipinski definition) is 1. The lowest BCUT2D eigenvalue weighted by molar-refractivity contribution is 0.103. The Hall–Kier alpha value is -3.65. The van der Waals surface area contributed by atoms with Gasteiger partial charge in [0.25, 0.3) is 0 Å². The largest absolute Gasteiger partial charge is 0.309 e. The zero-order chi connectivity index (χ0) is 19.1. The minimum absolute atomic E-state index is 0.0506. The zero-order valence-electron chi connectivity index (χ0n) is 15.6. The lowest BCUT2D eigenvalue weighted by Crippen LogP contribution is -2.01. The molecule has 0 N–H and O–H groups in total. The Morgan fingerprint density at radius 1 is 0.643 bits per heavy atom. The summed E-state index contributed by atoms with van der Waals surface area (Å²) in [5, 5.41) is 2.25. The van der Waals surface area contributed by atoms with Gasteiger partial charge in [0, 0.05) is 27.6 Å². The Labute approximate surface area is 163 Å². The third-order valence-electron chi connectivity index (χ3n) is 5.26. The summed E-state index contributed by atoms with van der Waals surface area (Å²) in [6, 6.07) is 32.4. The Bertz CT molecular complexity index is 1310. The summed E-state index contributed by atoms with van der Waals surface area (Å²) in [6.45, 7) is 2.09. The molecule has 2 nitrogen and oxygen atoms in total. The first-order valence-corrected chi connectivity index (χ1v) is 9.42. The summed E-state index contributed by atoms with van der Waals surface area (Å²) >= 11 is 0. The van der Waals surface area contributed by atoms with Crippen LogP contribution in [0, 0.1) is 6.92 Å². The van der Waals surface area contributed by atoms with Crippen LogP contribution in [-0.4, -0.2) is 10.4 Å². The van der Waals surface area contributed by atoms with E-state index in [1.165, 1.54) is 5.56 Å². The van der Waals surface area contributed by atoms with Crippen LogP contribution in [0.4, 0.5) is 0 Å². The molecule has 4 aromatic carbocycles. The van der Waals surface area contributed by atoms with Crippen molar-refractivity contribution in [2.24, 2.45) is 0 Å². The van der Waals surface area contributed by atoms with E-state index in [0.29, 0.717) is 11.1 Å². The molecule has 0 saturated carbocycles. The molecular formula is C26H19NO. The van der Waals surface area contributed by atoms with Gasteiger partial charge in [-0.25, -0.2) is 0 Å². The summed E-state index contributed by atoms with van der Waals surface area (Å²) in [6.07, 6.45) is 0. The van der Waals surface area contributed by atoms with Gasteiger partial charge in [0.2, 0.25) is 0 Å². The molecule has 0 amide bonds. The lowest BCUT2D eigenvalue weighted by atomic mass is 10.0. The number of benzene rings is 4. The molecule has 0 aliphatic carbocycles. The minimum atomic E-state index is 0.0506. The van der Waals surface area contributed by atoms with Crippen LogP contribution in [0.2, 0.25) is 0 Å². The summed E-state index contributed by atoms with van der Waals surface area (Å²) < 4.78 is 2.26. The van der Waals surface area contributed by atoms with E-state index in [9.17, 15) is 4.79 Å². The van der Waals surface area contributed by atoms with Crippen molar-refractivity contribution in [2.75, 3.05) is 0 Å². The summed E-state index contributed by atoms with van der Waals surface area (Å²) in [4.78, 5) is 12.9. The van der Waals surface area contributed by atoms with Gasteiger partial charge in [-0.15, -0.1) is 0 Å². The van der Waals surface area contributed by atoms with Crippen molar-refractivity contribution in [3.8, 4) is 5.69 Å². The summed E-state index contributed by atoms with van der Waals surface area (Å²) in [5.74, 6) is 0.0506. The van der Waals surface area contributed by atoms with Crippen molar-refractivity contribution in [1.29, 1.82) is 0 Å². The quantitative estimate of drug-likeness (QED) is 0.345. The smallest absolute Gasteiger partial charge is 0.193 e. The molecule has 0 atom stereocenters. The van der Waals surface area contributed by atoms with E-state index >= 15 is 0 Å². The molecule has 5 aromatic rings. The average molecular weight is 361 g/mol. The van der Waals surface area contributed by atoms with Crippen molar-refractivity contribution in [2.45, 2.75) is 6.92 Å². The molecule has 0 bridgehead atoms. The number of nitrogens with zero attached hydrogens (tertiary/aromatic N) is 1. The van der Waals surface area contributed by atoms with Crippen molar-refractivity contribution in [3.63, 3.8) is 0 Å². The lowest BCUT2D eigenvalue weighted by Gasteiger charge is -2.08. The second-order valence-corrected chi connectivity index (χ2v) is 7.12. The fraction of sp³-hybridized carbons (Fsp3) is 0.0385. The van der Waals surface area contributed by atoms with Crippen LogP contribution in [-0.2, 0) is 0 Å². The van der Waals surface area contributed by atoms with Crippen LogP contribution < -0.4 is 0 Å². The predicted octanol–water partition coefficient (Wildman–Crippen LogP) is 6.32. The molecule has 1 aromatic heterocycles. The molecular weight excluding hydrogens is 342 g/mol. The Morgan fingerprint density at radius 3 is 2.11 bits per heavy atom. The molecule has 2 heteroatoms. The maximum Gasteiger partial charge on any atom is 0.193 e. The molecule has 5 rings (SSSR count). The number of para-hydroxylation sites is 1. The Morgan fingerprint density at radius 2 is 1.32 bits per heavy atom. The molecule has 28 heavy (non-hydrogen) atoms. The van der Waals surface area contributed by atoms with Crippen molar-refractivity contribution < 1.29 is 4.79 Å². The number of fused-ring (bicyclic) bond motifs is 3. The maximum atomic E-state index is 12.9. The second kappa shape index (κ2) is 6.50. The van der Waals surface area contributed by atoms with Gasteiger partial charge in [0.15, 0.2) is 5.78 Å². The average Bonchev–Trinajstić information content (AvgIpc) is 3.08. The SMILES string of the molecule is Cc1ccc(-n2c3ccccc3c3cc(C(=O)c4ccccc4)ccc32)cc1. The predicted molar refractivity (Wildman–Crippen MR) is 115 cm³/mol. The molecule has 0 radical (unpaired) electrons. The molecule has 0 aliphatic rings. The van der Waals surface area contributed by atoms with Gasteiger partial charge in [-0.05, 0) is 43.3 Å². The number of hydrogen-bond donors (Lipinski definition) is 0. The highest BCUT2D eigenvalue weighted by molar-refractivity contribution is 6.15. The number of carbonyl (C=O) groups excluding carboxylic acids is 1. The van der Waals surface area contributed by atoms with E-state index in [-0.39, 0.29) is 5.78 Å².